The van der Waals surface area contributed by atoms with Crippen molar-refractivity contribution in [2.45, 2.75) is 0 Å². The van der Waals surface area contributed by atoms with E-state index >= 15 is 0 Å². The predicted molar refractivity (Wildman–Crippen MR) is 79.8 cm³/mol. The van der Waals surface area contributed by atoms with Gasteiger partial charge in [0.1, 0.15) is 0 Å². The summed E-state index contributed by atoms with van der Waals surface area (Å²) in [7, 11) is 0. The zero-order valence-electron chi connectivity index (χ0n) is 8.36. The first-order valence-electron chi connectivity index (χ1n) is 4.37. The van der Waals surface area contributed by atoms with Gasteiger partial charge in [0.2, 0.25) is 0 Å². The average molecular weight is 405 g/mol. The molecule has 0 spiro atoms. The highest BCUT2D eigenvalue weighted by molar-refractivity contribution is 14.1. The number of carbonyl (C=O) groups is 1. The molecule has 0 radical (unpaired) electrons. The van der Waals surface area contributed by atoms with Crippen LogP contribution in [-0.4, -0.2) is 6.03 Å². The maximum absolute atomic E-state index is 11.3. The number of benzene rings is 1. The van der Waals surface area contributed by atoms with Gasteiger partial charge >= 0.3 is 6.03 Å². The first-order chi connectivity index (χ1) is 7.87. The number of amides is 2. The molecule has 17 heavy (non-hydrogen) atoms. The Hall–Kier alpha value is -0.230. The zero-order valence-corrected chi connectivity index (χ0v) is 12.9. The van der Waals surface area contributed by atoms with Gasteiger partial charge in [0.05, 0.1) is 0 Å². The van der Waals surface area contributed by atoms with Crippen LogP contribution in [0.2, 0.25) is 0 Å². The fourth-order valence-electron chi connectivity index (χ4n) is 0.900. The lowest BCUT2D eigenvalue weighted by atomic mass is 10.3. The second-order valence-corrected chi connectivity index (χ2v) is 9.00. The molecule has 0 heterocycles. The molecule has 0 aliphatic heterocycles. The summed E-state index contributed by atoms with van der Waals surface area (Å²) in [6, 6.07) is 6.78. The number of carbonyl (C=O) groups excluding carboxylic acids is 1. The molecular weight excluding hydrogens is 397 g/mol. The van der Waals surface area contributed by atoms with Crippen LogP contribution in [0.15, 0.2) is 36.3 Å². The minimum Gasteiger partial charge on any atom is -0.314 e. The number of halogens is 3. The van der Waals surface area contributed by atoms with Crippen molar-refractivity contribution in [3.63, 3.8) is 0 Å². The molecule has 0 saturated heterocycles. The number of anilines is 1. The van der Waals surface area contributed by atoms with Crippen molar-refractivity contribution in [2.75, 3.05) is 5.32 Å². The van der Waals surface area contributed by atoms with Crippen LogP contribution in [0.1, 0.15) is 0 Å². The SMILES string of the molecule is O=C(N/C=C/P(=O)(Cl)Cl)Nc1ccc(I)cc1. The van der Waals surface area contributed by atoms with Crippen molar-refractivity contribution in [2.24, 2.45) is 0 Å². The third kappa shape index (κ3) is 6.93. The van der Waals surface area contributed by atoms with E-state index in [9.17, 15) is 9.36 Å². The van der Waals surface area contributed by atoms with Gasteiger partial charge in [-0.25, -0.2) is 4.79 Å². The third-order valence-corrected chi connectivity index (χ3v) is 3.46. The van der Waals surface area contributed by atoms with Gasteiger partial charge < -0.3 is 10.6 Å². The van der Waals surface area contributed by atoms with Crippen LogP contribution < -0.4 is 10.6 Å². The Morgan fingerprint density at radius 1 is 1.29 bits per heavy atom. The Bertz CT molecular complexity index is 472. The van der Waals surface area contributed by atoms with Crippen LogP contribution in [0.4, 0.5) is 10.5 Å². The van der Waals surface area contributed by atoms with E-state index in [4.69, 9.17) is 22.5 Å². The van der Waals surface area contributed by atoms with E-state index < -0.39 is 11.9 Å². The Balaban J connectivity index is 2.48. The van der Waals surface area contributed by atoms with Crippen molar-refractivity contribution in [1.82, 2.24) is 5.32 Å². The van der Waals surface area contributed by atoms with Gasteiger partial charge in [-0.2, -0.15) is 0 Å². The number of nitrogens with one attached hydrogen (secondary N) is 2. The lowest BCUT2D eigenvalue weighted by Gasteiger charge is -2.04. The van der Waals surface area contributed by atoms with Crippen LogP contribution >= 0.6 is 50.9 Å². The smallest absolute Gasteiger partial charge is 0.314 e. The van der Waals surface area contributed by atoms with Gasteiger partial charge in [-0.05, 0) is 69.3 Å². The summed E-state index contributed by atoms with van der Waals surface area (Å²) in [4.78, 5) is 11.3. The van der Waals surface area contributed by atoms with Crippen molar-refractivity contribution >= 4 is 62.6 Å². The van der Waals surface area contributed by atoms with Crippen LogP contribution in [0, 0.1) is 3.57 Å². The van der Waals surface area contributed by atoms with Crippen molar-refractivity contribution in [3.8, 4) is 0 Å². The topological polar surface area (TPSA) is 58.2 Å². The van der Waals surface area contributed by atoms with Gasteiger partial charge in [-0.1, -0.05) is 0 Å². The minimum absolute atomic E-state index is 0.468. The molecule has 2 N–H and O–H groups in total. The van der Waals surface area contributed by atoms with Crippen LogP contribution in [-0.2, 0) is 4.57 Å². The lowest BCUT2D eigenvalue weighted by Crippen LogP contribution is -2.23. The summed E-state index contributed by atoms with van der Waals surface area (Å²) < 4.78 is 11.9. The minimum atomic E-state index is -3.29. The molecule has 0 unspecified atom stereocenters. The van der Waals surface area contributed by atoms with E-state index in [0.29, 0.717) is 5.69 Å². The summed E-state index contributed by atoms with van der Waals surface area (Å²) >= 11 is 12.7. The van der Waals surface area contributed by atoms with Crippen molar-refractivity contribution in [1.29, 1.82) is 0 Å². The molecule has 2 amide bonds. The third-order valence-electron chi connectivity index (χ3n) is 1.56. The maximum atomic E-state index is 11.3. The van der Waals surface area contributed by atoms with Crippen LogP contribution in [0.25, 0.3) is 0 Å². The quantitative estimate of drug-likeness (QED) is 0.573. The normalized spacial score (nSPS) is 11.5. The van der Waals surface area contributed by atoms with Crippen molar-refractivity contribution in [3.05, 3.63) is 39.9 Å². The number of hydrogen-bond acceptors (Lipinski definition) is 2. The van der Waals surface area contributed by atoms with E-state index in [1.807, 2.05) is 12.1 Å². The standard InChI is InChI=1S/C9H8Cl2IN2O2P/c10-17(11,16)6-5-13-9(15)14-8-3-1-7(12)2-4-8/h1-6H,(H2,13,14,15)/b6-5+. The highest BCUT2D eigenvalue weighted by Gasteiger charge is 2.07. The Morgan fingerprint density at radius 3 is 2.41 bits per heavy atom. The van der Waals surface area contributed by atoms with Gasteiger partial charge in [-0.3, -0.25) is 4.57 Å². The van der Waals surface area contributed by atoms with E-state index in [1.165, 1.54) is 0 Å². The largest absolute Gasteiger partial charge is 0.323 e. The highest BCUT2D eigenvalue weighted by Crippen LogP contribution is 2.57. The van der Waals surface area contributed by atoms with E-state index in [1.54, 1.807) is 12.1 Å². The van der Waals surface area contributed by atoms with Crippen LogP contribution in [0.3, 0.4) is 0 Å². The van der Waals surface area contributed by atoms with Crippen LogP contribution in [0.5, 0.6) is 0 Å². The molecule has 1 rings (SSSR count). The summed E-state index contributed by atoms with van der Waals surface area (Å²) in [5, 5.41) is 4.90. The molecule has 0 saturated carbocycles. The van der Waals surface area contributed by atoms with Gasteiger partial charge in [0, 0.05) is 21.3 Å². The number of urea groups is 1. The Labute approximate surface area is 122 Å². The molecule has 1 aromatic carbocycles. The van der Waals surface area contributed by atoms with Gasteiger partial charge in [-0.15, -0.1) is 0 Å². The monoisotopic (exact) mass is 404 g/mol. The molecule has 0 bridgehead atoms. The summed E-state index contributed by atoms with van der Waals surface area (Å²) in [6.45, 7) is 0. The molecule has 0 fully saturated rings. The molecule has 0 atom stereocenters. The Morgan fingerprint density at radius 2 is 1.88 bits per heavy atom. The predicted octanol–water partition coefficient (Wildman–Crippen LogP) is 4.55. The molecule has 1 aromatic rings. The second kappa shape index (κ2) is 6.64. The fourth-order valence-corrected chi connectivity index (χ4v) is 1.85. The van der Waals surface area contributed by atoms with Gasteiger partial charge in [0.25, 0.3) is 5.85 Å². The maximum Gasteiger partial charge on any atom is 0.323 e. The molecule has 0 aliphatic rings. The summed E-state index contributed by atoms with van der Waals surface area (Å²) in [5.41, 5.74) is 0.649. The summed E-state index contributed by atoms with van der Waals surface area (Å²) in [6.07, 6.45) is 1.14. The highest BCUT2D eigenvalue weighted by atomic mass is 127. The number of hydrogen-bond donors (Lipinski definition) is 2. The van der Waals surface area contributed by atoms with Gasteiger partial charge in [0.15, 0.2) is 0 Å². The lowest BCUT2D eigenvalue weighted by molar-refractivity contribution is 0.255. The van der Waals surface area contributed by atoms with Crippen molar-refractivity contribution < 1.29 is 9.36 Å². The molecule has 0 aliphatic carbocycles. The first-order valence-corrected chi connectivity index (χ1v) is 9.03. The molecule has 8 heteroatoms. The Kier molecular flexibility index (Phi) is 5.79. The zero-order chi connectivity index (χ0) is 12.9. The molecule has 4 nitrogen and oxygen atoms in total. The molecular formula is C9H8Cl2IN2O2P. The average Bonchev–Trinajstić information content (AvgIpc) is 2.19. The second-order valence-electron chi connectivity index (χ2n) is 2.92. The molecule has 0 aromatic heterocycles. The first kappa shape index (κ1) is 14.8. The van der Waals surface area contributed by atoms with E-state index in [-0.39, 0.29) is 0 Å². The summed E-state index contributed by atoms with van der Waals surface area (Å²) in [5.74, 6) is -2.26. The van der Waals surface area contributed by atoms with E-state index in [2.05, 4.69) is 33.2 Å². The number of rotatable bonds is 3. The van der Waals surface area contributed by atoms with E-state index in [0.717, 1.165) is 15.6 Å². The molecule has 92 valence electrons. The fraction of sp³-hybridized carbons (Fsp3) is 0.